The standard InChI is InChI=1S/C25H24N2O6/c1-30-15-8-9-20(28)17(12-15)18-13-19-16-5-4-6-23(32-3)24(16)33-25(27(19)26-18)14-7-10-22(31-2)21(29)11-14/h4-12,19,25,28-29H,13H2,1-3H3. The zero-order chi connectivity index (χ0) is 23.1. The maximum Gasteiger partial charge on any atom is 0.214 e. The number of fused-ring (bicyclic) bond motifs is 3. The third kappa shape index (κ3) is 3.44. The average Bonchev–Trinajstić information content (AvgIpc) is 3.29. The number of hydrazone groups is 1. The predicted octanol–water partition coefficient (Wildman–Crippen LogP) is 4.37. The van der Waals surface area contributed by atoms with E-state index in [1.807, 2.05) is 29.3 Å². The van der Waals surface area contributed by atoms with Crippen LogP contribution in [0.3, 0.4) is 0 Å². The lowest BCUT2D eigenvalue weighted by molar-refractivity contribution is -0.0210. The summed E-state index contributed by atoms with van der Waals surface area (Å²) in [6, 6.07) is 15.8. The van der Waals surface area contributed by atoms with Gasteiger partial charge in [0.1, 0.15) is 11.5 Å². The number of benzene rings is 3. The number of hydrogen-bond acceptors (Lipinski definition) is 8. The van der Waals surface area contributed by atoms with Gasteiger partial charge < -0.3 is 29.2 Å². The first kappa shape index (κ1) is 20.8. The number of hydrogen-bond donors (Lipinski definition) is 2. The van der Waals surface area contributed by atoms with Gasteiger partial charge in [-0.3, -0.25) is 0 Å². The number of phenols is 2. The molecule has 0 amide bonds. The number of rotatable bonds is 5. The topological polar surface area (TPSA) is 93.0 Å². The third-order valence-electron chi connectivity index (χ3n) is 6.00. The first-order chi connectivity index (χ1) is 16.0. The molecule has 0 fully saturated rings. The molecule has 8 heteroatoms. The molecular weight excluding hydrogens is 424 g/mol. The van der Waals surface area contributed by atoms with Crippen molar-refractivity contribution in [3.63, 3.8) is 0 Å². The molecule has 33 heavy (non-hydrogen) atoms. The lowest BCUT2D eigenvalue weighted by Gasteiger charge is -2.38. The van der Waals surface area contributed by atoms with Gasteiger partial charge in [-0.2, -0.15) is 5.10 Å². The van der Waals surface area contributed by atoms with E-state index in [9.17, 15) is 10.2 Å². The maximum absolute atomic E-state index is 10.5. The number of para-hydroxylation sites is 1. The summed E-state index contributed by atoms with van der Waals surface area (Å²) in [6.45, 7) is 0. The number of nitrogens with zero attached hydrogens (tertiary/aromatic N) is 2. The molecule has 0 radical (unpaired) electrons. The predicted molar refractivity (Wildman–Crippen MR) is 121 cm³/mol. The maximum atomic E-state index is 10.5. The van der Waals surface area contributed by atoms with Crippen LogP contribution in [0.4, 0.5) is 0 Å². The van der Waals surface area contributed by atoms with Crippen LogP contribution in [-0.4, -0.2) is 42.3 Å². The Bertz CT molecular complexity index is 1240. The van der Waals surface area contributed by atoms with E-state index in [0.717, 1.165) is 5.56 Å². The quantitative estimate of drug-likeness (QED) is 0.599. The van der Waals surface area contributed by atoms with Crippen molar-refractivity contribution >= 4 is 5.71 Å². The van der Waals surface area contributed by atoms with Gasteiger partial charge in [0.25, 0.3) is 0 Å². The molecule has 0 aliphatic carbocycles. The summed E-state index contributed by atoms with van der Waals surface area (Å²) in [6.07, 6.45) is -0.0797. The summed E-state index contributed by atoms with van der Waals surface area (Å²) < 4.78 is 22.5. The highest BCUT2D eigenvalue weighted by Gasteiger charge is 2.42. The molecule has 170 valence electrons. The van der Waals surface area contributed by atoms with Crippen LogP contribution < -0.4 is 18.9 Å². The Morgan fingerprint density at radius 2 is 1.73 bits per heavy atom. The molecule has 2 unspecified atom stereocenters. The van der Waals surface area contributed by atoms with Crippen LogP contribution in [0.25, 0.3) is 0 Å². The average molecular weight is 448 g/mol. The van der Waals surface area contributed by atoms with Crippen LogP contribution in [0.1, 0.15) is 35.4 Å². The van der Waals surface area contributed by atoms with E-state index < -0.39 is 6.23 Å². The first-order valence-corrected chi connectivity index (χ1v) is 10.5. The highest BCUT2D eigenvalue weighted by atomic mass is 16.5. The Morgan fingerprint density at radius 3 is 2.45 bits per heavy atom. The van der Waals surface area contributed by atoms with Gasteiger partial charge in [-0.05, 0) is 42.5 Å². The van der Waals surface area contributed by atoms with Crippen LogP contribution in [0.5, 0.6) is 34.5 Å². The molecular formula is C25H24N2O6. The van der Waals surface area contributed by atoms with Crippen molar-refractivity contribution < 1.29 is 29.2 Å². The Morgan fingerprint density at radius 1 is 0.909 bits per heavy atom. The number of phenolic OH excluding ortho intramolecular Hbond substituents is 2. The molecule has 5 rings (SSSR count). The second kappa shape index (κ2) is 8.12. The van der Waals surface area contributed by atoms with E-state index in [4.69, 9.17) is 24.0 Å². The van der Waals surface area contributed by atoms with Gasteiger partial charge in [-0.25, -0.2) is 5.01 Å². The molecule has 8 nitrogen and oxygen atoms in total. The third-order valence-corrected chi connectivity index (χ3v) is 6.00. The Labute approximate surface area is 191 Å². The van der Waals surface area contributed by atoms with Crippen LogP contribution in [0.15, 0.2) is 59.7 Å². The lowest BCUT2D eigenvalue weighted by atomic mass is 9.95. The summed E-state index contributed by atoms with van der Waals surface area (Å²) >= 11 is 0. The molecule has 3 aromatic rings. The van der Waals surface area contributed by atoms with E-state index in [-0.39, 0.29) is 17.5 Å². The van der Waals surface area contributed by atoms with Gasteiger partial charge in [0, 0.05) is 23.1 Å². The van der Waals surface area contributed by atoms with Crippen molar-refractivity contribution in [1.82, 2.24) is 5.01 Å². The van der Waals surface area contributed by atoms with E-state index in [0.29, 0.717) is 46.3 Å². The van der Waals surface area contributed by atoms with Crippen molar-refractivity contribution in [2.75, 3.05) is 21.3 Å². The van der Waals surface area contributed by atoms with E-state index in [1.165, 1.54) is 7.11 Å². The van der Waals surface area contributed by atoms with Crippen LogP contribution in [-0.2, 0) is 0 Å². The van der Waals surface area contributed by atoms with Gasteiger partial charge in [-0.15, -0.1) is 0 Å². The molecule has 2 aliphatic heterocycles. The molecule has 2 N–H and O–H groups in total. The molecule has 0 spiro atoms. The smallest absolute Gasteiger partial charge is 0.214 e. The van der Waals surface area contributed by atoms with Crippen molar-refractivity contribution in [2.45, 2.75) is 18.7 Å². The highest BCUT2D eigenvalue weighted by Crippen LogP contribution is 2.51. The SMILES string of the molecule is COc1ccc(O)c(C2=NN3C(C2)c2cccc(OC)c2OC3c2ccc(OC)c(O)c2)c1. The Balaban J connectivity index is 1.63. The number of ether oxygens (including phenoxy) is 4. The first-order valence-electron chi connectivity index (χ1n) is 10.5. The summed E-state index contributed by atoms with van der Waals surface area (Å²) in [7, 11) is 4.68. The molecule has 2 aliphatic rings. The summed E-state index contributed by atoms with van der Waals surface area (Å²) in [4.78, 5) is 0. The molecule has 0 bridgehead atoms. The zero-order valence-corrected chi connectivity index (χ0v) is 18.5. The van der Waals surface area contributed by atoms with Crippen molar-refractivity contribution in [3.05, 3.63) is 71.3 Å². The second-order valence-corrected chi connectivity index (χ2v) is 7.81. The number of aromatic hydroxyl groups is 2. The van der Waals surface area contributed by atoms with Gasteiger partial charge in [-0.1, -0.05) is 12.1 Å². The molecule has 2 heterocycles. The fourth-order valence-corrected chi connectivity index (χ4v) is 4.36. The minimum atomic E-state index is -0.624. The summed E-state index contributed by atoms with van der Waals surface area (Å²) in [5.41, 5.74) is 2.95. The minimum absolute atomic E-state index is 0.00909. The second-order valence-electron chi connectivity index (χ2n) is 7.81. The molecule has 3 aromatic carbocycles. The lowest BCUT2D eigenvalue weighted by Crippen LogP contribution is -2.33. The van der Waals surface area contributed by atoms with Crippen LogP contribution in [0.2, 0.25) is 0 Å². The van der Waals surface area contributed by atoms with Crippen LogP contribution >= 0.6 is 0 Å². The monoisotopic (exact) mass is 448 g/mol. The van der Waals surface area contributed by atoms with Crippen molar-refractivity contribution in [1.29, 1.82) is 0 Å². The van der Waals surface area contributed by atoms with Gasteiger partial charge in [0.2, 0.25) is 6.23 Å². The van der Waals surface area contributed by atoms with E-state index in [2.05, 4.69) is 0 Å². The Kier molecular flexibility index (Phi) is 5.12. The summed E-state index contributed by atoms with van der Waals surface area (Å²) in [5.74, 6) is 2.39. The van der Waals surface area contributed by atoms with Gasteiger partial charge in [0.15, 0.2) is 23.0 Å². The normalized spacial score (nSPS) is 18.6. The Hall–Kier alpha value is -4.07. The highest BCUT2D eigenvalue weighted by molar-refractivity contribution is 6.04. The fourth-order valence-electron chi connectivity index (χ4n) is 4.36. The van der Waals surface area contributed by atoms with E-state index in [1.54, 1.807) is 44.6 Å². The number of methoxy groups -OCH3 is 3. The van der Waals surface area contributed by atoms with Crippen LogP contribution in [0, 0.1) is 0 Å². The molecule has 0 aromatic heterocycles. The molecule has 0 saturated carbocycles. The summed E-state index contributed by atoms with van der Waals surface area (Å²) in [5, 5.41) is 27.6. The fraction of sp³-hybridized carbons (Fsp3) is 0.240. The van der Waals surface area contributed by atoms with Gasteiger partial charge >= 0.3 is 0 Å². The zero-order valence-electron chi connectivity index (χ0n) is 18.5. The van der Waals surface area contributed by atoms with Crippen molar-refractivity contribution in [2.24, 2.45) is 5.10 Å². The largest absolute Gasteiger partial charge is 0.507 e. The minimum Gasteiger partial charge on any atom is -0.507 e. The van der Waals surface area contributed by atoms with Crippen molar-refractivity contribution in [3.8, 4) is 34.5 Å². The molecule has 2 atom stereocenters. The van der Waals surface area contributed by atoms with E-state index >= 15 is 0 Å². The molecule has 0 saturated heterocycles. The van der Waals surface area contributed by atoms with Gasteiger partial charge in [0.05, 0.1) is 33.1 Å².